The number of esters is 1. The number of amides is 7. The van der Waals surface area contributed by atoms with Gasteiger partial charge in [-0.3, -0.25) is 77.5 Å². The highest BCUT2D eigenvalue weighted by Gasteiger charge is 2.31. The van der Waals surface area contributed by atoms with Gasteiger partial charge in [0.2, 0.25) is 29.5 Å². The molecule has 610 valence electrons. The number of anilines is 3. The van der Waals surface area contributed by atoms with E-state index < -0.39 is 96.4 Å². The van der Waals surface area contributed by atoms with Gasteiger partial charge in [-0.2, -0.15) is 0 Å². The minimum atomic E-state index is -1.54. The van der Waals surface area contributed by atoms with Gasteiger partial charge in [-0.15, -0.1) is 0 Å². The SMILES string of the molecule is COC(=O)CN1CCN(CC(=O)O)CCN(CC(=O)O)CC1Cc1ccc(NC(=S)NCCN(CCNC(=S)Nc2ccc(CC3CN(CC(N)=O)CCN(CC(N)=O)CCN(CC(N)=O)CCN3CC(N)=O)cc2)C(=O)Cc2ccc(NC(=S)NCCCCC(NC(=O)NC(CCC(=O)O)C(=O)O)C(=O)O)cc2)cc1. The Morgan fingerprint density at radius 1 is 0.450 bits per heavy atom. The van der Waals surface area contributed by atoms with Gasteiger partial charge in [0.25, 0.3) is 0 Å². The summed E-state index contributed by atoms with van der Waals surface area (Å²) < 4.78 is 5.00. The molecule has 4 unspecified atom stereocenters. The van der Waals surface area contributed by atoms with Crippen LogP contribution in [0.2, 0.25) is 0 Å². The Hall–Kier alpha value is -10.1. The molecule has 5 rings (SSSR count). The average molecular weight is 1610 g/mol. The summed E-state index contributed by atoms with van der Waals surface area (Å²) in [5.41, 5.74) is 27.0. The number of unbranched alkanes of at least 4 members (excludes halogenated alkanes) is 1. The predicted molar refractivity (Wildman–Crippen MR) is 422 cm³/mol. The number of urea groups is 1. The number of carbonyl (C=O) groups is 12. The van der Waals surface area contributed by atoms with Crippen LogP contribution in [0.5, 0.6) is 0 Å². The van der Waals surface area contributed by atoms with Crippen LogP contribution in [0.15, 0.2) is 72.8 Å². The molecule has 3 aromatic carbocycles. The number of primary amides is 4. The van der Waals surface area contributed by atoms with Crippen molar-refractivity contribution in [3.8, 4) is 0 Å². The quantitative estimate of drug-likeness (QED) is 0.0151. The Kier molecular flexibility index (Phi) is 40.0. The van der Waals surface area contributed by atoms with Crippen LogP contribution in [0.1, 0.15) is 48.8 Å². The van der Waals surface area contributed by atoms with Crippen molar-refractivity contribution in [3.05, 3.63) is 89.5 Å². The fourth-order valence-corrected chi connectivity index (χ4v) is 13.1. The highest BCUT2D eigenvalue weighted by molar-refractivity contribution is 7.80. The van der Waals surface area contributed by atoms with E-state index in [4.69, 9.17) is 69.4 Å². The number of ether oxygens (including phenoxy) is 1. The number of carboxylic acids is 5. The van der Waals surface area contributed by atoms with Gasteiger partial charge in [0.1, 0.15) is 12.1 Å². The number of carbonyl (C=O) groups excluding carboxylic acids is 7. The van der Waals surface area contributed by atoms with Crippen molar-refractivity contribution < 1.29 is 87.8 Å². The zero-order valence-electron chi connectivity index (χ0n) is 62.0. The van der Waals surface area contributed by atoms with Gasteiger partial charge in [0, 0.05) is 147 Å². The van der Waals surface area contributed by atoms with Crippen LogP contribution >= 0.6 is 36.7 Å². The number of nitrogens with two attached hydrogens (primary N) is 4. The van der Waals surface area contributed by atoms with Crippen molar-refractivity contribution in [2.75, 3.05) is 180 Å². The third-order valence-corrected chi connectivity index (χ3v) is 18.8. The summed E-state index contributed by atoms with van der Waals surface area (Å²) in [7, 11) is 1.28. The molecule has 2 fully saturated rings. The van der Waals surface area contributed by atoms with E-state index in [1.165, 1.54) is 7.11 Å². The minimum Gasteiger partial charge on any atom is -0.481 e. The molecule has 3 aromatic rings. The largest absolute Gasteiger partial charge is 0.481 e. The van der Waals surface area contributed by atoms with Gasteiger partial charge in [0.05, 0.1) is 59.3 Å². The van der Waals surface area contributed by atoms with E-state index in [9.17, 15) is 78.0 Å². The molecular weight excluding hydrogens is 1510 g/mol. The van der Waals surface area contributed by atoms with Crippen LogP contribution in [0.4, 0.5) is 21.9 Å². The van der Waals surface area contributed by atoms with E-state index in [-0.39, 0.29) is 125 Å². The first-order valence-electron chi connectivity index (χ1n) is 35.9. The van der Waals surface area contributed by atoms with Crippen molar-refractivity contribution in [2.45, 2.75) is 75.5 Å². The first-order chi connectivity index (χ1) is 52.8. The molecule has 0 spiro atoms. The lowest BCUT2D eigenvalue weighted by Gasteiger charge is -2.38. The molecule has 21 N–H and O–H groups in total. The number of hydrogen-bond donors (Lipinski definition) is 17. The maximum atomic E-state index is 14.3. The lowest BCUT2D eigenvalue weighted by atomic mass is 10.0. The molecular formula is C70H104N20O18S3. The zero-order chi connectivity index (χ0) is 81.5. The average Bonchev–Trinajstić information content (AvgIpc) is 1.77. The second-order valence-electron chi connectivity index (χ2n) is 26.8. The van der Waals surface area contributed by atoms with E-state index in [2.05, 4.69) is 42.5 Å². The first kappa shape index (κ1) is 91.5. The molecule has 2 heterocycles. The van der Waals surface area contributed by atoms with Crippen molar-refractivity contribution in [3.63, 3.8) is 0 Å². The summed E-state index contributed by atoms with van der Waals surface area (Å²) in [4.78, 5) is 161. The van der Waals surface area contributed by atoms with Gasteiger partial charge in [-0.25, -0.2) is 14.4 Å². The number of hydrogen-bond acceptors (Lipinski definition) is 23. The number of methoxy groups -OCH3 is 1. The molecule has 0 radical (unpaired) electrons. The van der Waals surface area contributed by atoms with Gasteiger partial charge in [0.15, 0.2) is 15.3 Å². The standard InChI is InChI=1S/C70H104N20O18S3/c1-108-64(102)45-90-33-31-85(43-62(98)99)27-29-87(44-63(100)101)38-53(90)35-47-7-13-50(14-8-47)80-70(111)77-21-23-88(60(95)36-48-9-15-51(16-10-48)78-68(109)75-19-3-2-4-54(65(103)104)81-67(107)82-55(66(105)106)17-18-61(96)97)22-20-76-69(110)79-49-11-5-46(6-12-49)34-52-37-86(41-58(73)93)28-26-83(39-56(71)91)24-25-84(40-57(72)92)30-32-89(52)42-59(74)94/h5-16,52-55H,2-4,17-45H2,1H3,(H2,71,91)(H2,72,92)(H2,73,93)(H2,74,94)(H,96,97)(H,98,99)(H,100,101)(H,103,104)(H,105,106)(H2,75,78,109)(H2,76,79,110)(H2,77,80,111)(H2,81,82,107). The van der Waals surface area contributed by atoms with Gasteiger partial charge >= 0.3 is 41.8 Å². The summed E-state index contributed by atoms with van der Waals surface area (Å²) in [6.07, 6.45) is 0.559. The Morgan fingerprint density at radius 3 is 1.22 bits per heavy atom. The maximum Gasteiger partial charge on any atom is 0.326 e. The molecule has 7 amide bonds. The smallest absolute Gasteiger partial charge is 0.326 e. The Labute approximate surface area is 658 Å². The van der Waals surface area contributed by atoms with E-state index in [0.717, 1.165) is 11.1 Å². The zero-order valence-corrected chi connectivity index (χ0v) is 64.5. The number of nitrogens with zero attached hydrogens (tertiary/aromatic N) is 8. The Morgan fingerprint density at radius 2 is 0.811 bits per heavy atom. The van der Waals surface area contributed by atoms with Crippen LogP contribution in [-0.4, -0.2) is 340 Å². The highest BCUT2D eigenvalue weighted by atomic mass is 32.1. The van der Waals surface area contributed by atoms with Crippen molar-refractivity contribution in [2.24, 2.45) is 22.9 Å². The summed E-state index contributed by atoms with van der Waals surface area (Å²) in [6, 6.07) is 17.1. The predicted octanol–water partition coefficient (Wildman–Crippen LogP) is -3.20. The topological polar surface area (TPSA) is 541 Å². The molecule has 0 aliphatic carbocycles. The third kappa shape index (κ3) is 37.4. The fourth-order valence-electron chi connectivity index (χ4n) is 12.4. The van der Waals surface area contributed by atoms with E-state index in [1.54, 1.807) is 39.0 Å². The molecule has 2 saturated heterocycles. The number of nitrogens with one attached hydrogen (secondary N) is 8. The number of thiocarbonyl (C=S) groups is 3. The lowest BCUT2D eigenvalue weighted by molar-refractivity contribution is -0.143. The maximum absolute atomic E-state index is 14.3. The van der Waals surface area contributed by atoms with E-state index in [0.29, 0.717) is 120 Å². The van der Waals surface area contributed by atoms with Crippen LogP contribution in [0.25, 0.3) is 0 Å². The van der Waals surface area contributed by atoms with E-state index in [1.807, 2.05) is 73.0 Å². The Balaban J connectivity index is 1.25. The number of benzene rings is 3. The molecule has 2 aliphatic heterocycles. The molecule has 41 heteroatoms. The highest BCUT2D eigenvalue weighted by Crippen LogP contribution is 2.20. The van der Waals surface area contributed by atoms with Crippen molar-refractivity contribution in [1.29, 1.82) is 0 Å². The van der Waals surface area contributed by atoms with Gasteiger partial charge in [-0.05, 0) is 128 Å². The fraction of sp³-hybridized carbons (Fsp3) is 0.529. The van der Waals surface area contributed by atoms with Crippen LogP contribution in [0, 0.1) is 0 Å². The molecule has 111 heavy (non-hydrogen) atoms. The third-order valence-electron chi connectivity index (χ3n) is 18.0. The minimum absolute atomic E-state index is 0.0124. The molecule has 0 bridgehead atoms. The second-order valence-corrected chi connectivity index (χ2v) is 28.0. The second kappa shape index (κ2) is 48.5. The molecule has 2 aliphatic rings. The summed E-state index contributed by atoms with van der Waals surface area (Å²) in [5.74, 6) is -9.17. The van der Waals surface area contributed by atoms with Crippen LogP contribution in [0.3, 0.4) is 0 Å². The first-order valence-corrected chi connectivity index (χ1v) is 37.2. The molecule has 0 aromatic heterocycles. The lowest BCUT2D eigenvalue weighted by Crippen LogP contribution is -2.54. The molecule has 4 atom stereocenters. The Bertz CT molecular complexity index is 3650. The van der Waals surface area contributed by atoms with Gasteiger partial charge in [-0.1, -0.05) is 36.4 Å². The molecule has 0 saturated carbocycles. The van der Waals surface area contributed by atoms with E-state index >= 15 is 0 Å². The number of aliphatic carboxylic acids is 5. The summed E-state index contributed by atoms with van der Waals surface area (Å²) in [5, 5.41) is 71.2. The number of rotatable bonds is 41. The summed E-state index contributed by atoms with van der Waals surface area (Å²) in [6.45, 7) is 3.83. The van der Waals surface area contributed by atoms with Crippen molar-refractivity contribution >= 4 is 140 Å². The van der Waals surface area contributed by atoms with Crippen molar-refractivity contribution in [1.82, 2.24) is 65.8 Å². The van der Waals surface area contributed by atoms with Gasteiger partial charge < -0.3 is 101 Å². The van der Waals surface area contributed by atoms with Crippen LogP contribution in [-0.2, 0) is 76.7 Å². The monoisotopic (exact) mass is 1610 g/mol. The summed E-state index contributed by atoms with van der Waals surface area (Å²) >= 11 is 17.0. The normalized spacial score (nSPS) is 16.6. The molecule has 38 nitrogen and oxygen atoms in total. The van der Waals surface area contributed by atoms with Crippen LogP contribution < -0.4 is 65.5 Å². The number of carboxylic acid groups (broad SMARTS) is 5.